The lowest BCUT2D eigenvalue weighted by atomic mass is 10.3. The summed E-state index contributed by atoms with van der Waals surface area (Å²) in [5, 5.41) is 3.54. The minimum absolute atomic E-state index is 0.620. The third kappa shape index (κ3) is 3.23. The van der Waals surface area contributed by atoms with Crippen molar-refractivity contribution in [2.24, 2.45) is 0 Å². The maximum atomic E-state index is 3.54. The van der Waals surface area contributed by atoms with Crippen LogP contribution in [0.3, 0.4) is 0 Å². The Bertz CT molecular complexity index is 251. The topological polar surface area (TPSA) is 12.0 Å². The van der Waals surface area contributed by atoms with Gasteiger partial charge in [0.2, 0.25) is 0 Å². The molecule has 0 radical (unpaired) electrons. The molecule has 1 rings (SSSR count). The molecule has 1 aromatic carbocycles. The molecule has 0 spiro atoms. The minimum Gasteiger partial charge on any atom is -0.385 e. The van der Waals surface area contributed by atoms with E-state index in [-0.39, 0.29) is 0 Å². The molecule has 0 amide bonds. The predicted octanol–water partition coefficient (Wildman–Crippen LogP) is 3.36. The van der Waals surface area contributed by atoms with E-state index < -0.39 is 8.07 Å². The molecule has 0 saturated heterocycles. The van der Waals surface area contributed by atoms with E-state index in [2.05, 4.69) is 56.1 Å². The monoisotopic (exact) mass is 193 g/mol. The Morgan fingerprint density at radius 3 is 2.08 bits per heavy atom. The van der Waals surface area contributed by atoms with Gasteiger partial charge in [0.25, 0.3) is 0 Å². The van der Waals surface area contributed by atoms with Crippen molar-refractivity contribution < 1.29 is 0 Å². The molecule has 0 aliphatic heterocycles. The molecule has 0 fully saturated rings. The second-order valence-electron chi connectivity index (χ2n) is 4.60. The molecule has 1 atom stereocenters. The Hall–Kier alpha value is -0.763. The van der Waals surface area contributed by atoms with E-state index in [9.17, 15) is 0 Å². The Morgan fingerprint density at radius 2 is 1.62 bits per heavy atom. The molecule has 1 nitrogen and oxygen atoms in total. The number of para-hydroxylation sites is 1. The Balaban J connectivity index is 2.61. The molecule has 2 heteroatoms. The van der Waals surface area contributed by atoms with Gasteiger partial charge in [-0.1, -0.05) is 37.8 Å². The van der Waals surface area contributed by atoms with E-state index in [1.54, 1.807) is 0 Å². The summed E-state index contributed by atoms with van der Waals surface area (Å²) < 4.78 is 0. The summed E-state index contributed by atoms with van der Waals surface area (Å²) in [6, 6.07) is 10.4. The minimum atomic E-state index is -1.05. The first kappa shape index (κ1) is 10.3. The van der Waals surface area contributed by atoms with E-state index in [0.29, 0.717) is 5.67 Å². The van der Waals surface area contributed by atoms with Crippen molar-refractivity contribution in [3.63, 3.8) is 0 Å². The molecule has 0 aliphatic carbocycles. The van der Waals surface area contributed by atoms with E-state index in [1.165, 1.54) is 5.69 Å². The lowest BCUT2D eigenvalue weighted by Crippen LogP contribution is -2.41. The molecule has 0 aromatic heterocycles. The standard InChI is InChI=1S/C11H19NSi/c1-10(13(2,3)4)12-11-8-6-5-7-9-11/h5-10,12H,1-4H3. The van der Waals surface area contributed by atoms with Gasteiger partial charge < -0.3 is 5.32 Å². The third-order valence-corrected chi connectivity index (χ3v) is 5.20. The van der Waals surface area contributed by atoms with Crippen LogP contribution in [0.5, 0.6) is 0 Å². The number of hydrogen-bond donors (Lipinski definition) is 1. The molecule has 1 unspecified atom stereocenters. The fourth-order valence-electron chi connectivity index (χ4n) is 1.00. The highest BCUT2D eigenvalue weighted by atomic mass is 28.3. The van der Waals surface area contributed by atoms with Crippen LogP contribution in [0.15, 0.2) is 30.3 Å². The molecular weight excluding hydrogens is 174 g/mol. The third-order valence-electron chi connectivity index (χ3n) is 2.46. The average Bonchev–Trinajstić information content (AvgIpc) is 2.04. The summed E-state index contributed by atoms with van der Waals surface area (Å²) in [6.45, 7) is 9.42. The highest BCUT2D eigenvalue weighted by molar-refractivity contribution is 6.78. The summed E-state index contributed by atoms with van der Waals surface area (Å²) in [4.78, 5) is 0. The van der Waals surface area contributed by atoms with Crippen molar-refractivity contribution in [2.75, 3.05) is 5.32 Å². The fraction of sp³-hybridized carbons (Fsp3) is 0.455. The van der Waals surface area contributed by atoms with Crippen LogP contribution < -0.4 is 5.32 Å². The quantitative estimate of drug-likeness (QED) is 0.726. The van der Waals surface area contributed by atoms with Crippen molar-refractivity contribution >= 4 is 13.8 Å². The van der Waals surface area contributed by atoms with Gasteiger partial charge >= 0.3 is 0 Å². The largest absolute Gasteiger partial charge is 0.385 e. The van der Waals surface area contributed by atoms with Crippen LogP contribution in [-0.2, 0) is 0 Å². The van der Waals surface area contributed by atoms with Gasteiger partial charge in [-0.3, -0.25) is 0 Å². The molecule has 0 saturated carbocycles. The van der Waals surface area contributed by atoms with Crippen LogP contribution in [0.2, 0.25) is 19.6 Å². The first-order chi connectivity index (χ1) is 6.00. The van der Waals surface area contributed by atoms with E-state index in [0.717, 1.165) is 0 Å². The number of nitrogens with one attached hydrogen (secondary N) is 1. The summed E-state index contributed by atoms with van der Waals surface area (Å²) in [5.74, 6) is 0. The van der Waals surface area contributed by atoms with E-state index in [4.69, 9.17) is 0 Å². The van der Waals surface area contributed by atoms with Crippen molar-refractivity contribution in [2.45, 2.75) is 32.2 Å². The summed E-state index contributed by atoms with van der Waals surface area (Å²) >= 11 is 0. The highest BCUT2D eigenvalue weighted by Crippen LogP contribution is 2.14. The van der Waals surface area contributed by atoms with Gasteiger partial charge in [-0.05, 0) is 19.1 Å². The number of rotatable bonds is 3. The lowest BCUT2D eigenvalue weighted by molar-refractivity contribution is 1.05. The predicted molar refractivity (Wildman–Crippen MR) is 62.9 cm³/mol. The SMILES string of the molecule is CC(Nc1ccccc1)[Si](C)(C)C. The second-order valence-corrected chi connectivity index (χ2v) is 10.2. The summed E-state index contributed by atoms with van der Waals surface area (Å²) in [6.07, 6.45) is 0. The van der Waals surface area contributed by atoms with Crippen molar-refractivity contribution in [3.05, 3.63) is 30.3 Å². The Labute approximate surface area is 82.2 Å². The number of hydrogen-bond acceptors (Lipinski definition) is 1. The number of benzene rings is 1. The summed E-state index contributed by atoms with van der Waals surface area (Å²) in [5.41, 5.74) is 1.85. The molecule has 1 aromatic rings. The normalized spacial score (nSPS) is 13.8. The van der Waals surface area contributed by atoms with Gasteiger partial charge in [-0.15, -0.1) is 0 Å². The molecule has 13 heavy (non-hydrogen) atoms. The van der Waals surface area contributed by atoms with Crippen LogP contribution in [0, 0.1) is 0 Å². The molecule has 1 N–H and O–H groups in total. The highest BCUT2D eigenvalue weighted by Gasteiger charge is 2.21. The second kappa shape index (κ2) is 3.96. The Kier molecular flexibility index (Phi) is 3.15. The summed E-state index contributed by atoms with van der Waals surface area (Å²) in [7, 11) is -1.05. The van der Waals surface area contributed by atoms with Gasteiger partial charge in [0.15, 0.2) is 0 Å². The first-order valence-corrected chi connectivity index (χ1v) is 8.39. The zero-order chi connectivity index (χ0) is 9.90. The number of anilines is 1. The molecule has 0 heterocycles. The molecule has 72 valence electrons. The lowest BCUT2D eigenvalue weighted by Gasteiger charge is -2.27. The first-order valence-electron chi connectivity index (χ1n) is 4.82. The van der Waals surface area contributed by atoms with Crippen LogP contribution in [0.25, 0.3) is 0 Å². The van der Waals surface area contributed by atoms with Crippen LogP contribution in [0.1, 0.15) is 6.92 Å². The van der Waals surface area contributed by atoms with Gasteiger partial charge in [0, 0.05) is 11.4 Å². The van der Waals surface area contributed by atoms with Crippen LogP contribution >= 0.6 is 0 Å². The van der Waals surface area contributed by atoms with Gasteiger partial charge in [0.1, 0.15) is 0 Å². The van der Waals surface area contributed by atoms with Crippen molar-refractivity contribution in [1.82, 2.24) is 0 Å². The van der Waals surface area contributed by atoms with E-state index in [1.807, 2.05) is 6.07 Å². The fourth-order valence-corrected chi connectivity index (χ4v) is 1.60. The van der Waals surface area contributed by atoms with Crippen molar-refractivity contribution in [1.29, 1.82) is 0 Å². The maximum Gasteiger partial charge on any atom is 0.0697 e. The van der Waals surface area contributed by atoms with Gasteiger partial charge in [-0.2, -0.15) is 0 Å². The van der Waals surface area contributed by atoms with Crippen molar-refractivity contribution in [3.8, 4) is 0 Å². The smallest absolute Gasteiger partial charge is 0.0697 e. The van der Waals surface area contributed by atoms with Gasteiger partial charge in [0.05, 0.1) is 8.07 Å². The molecule has 0 aliphatic rings. The van der Waals surface area contributed by atoms with E-state index >= 15 is 0 Å². The molecule has 0 bridgehead atoms. The van der Waals surface area contributed by atoms with Crippen LogP contribution in [-0.4, -0.2) is 13.7 Å². The maximum absolute atomic E-state index is 3.54. The average molecular weight is 193 g/mol. The van der Waals surface area contributed by atoms with Gasteiger partial charge in [-0.25, -0.2) is 0 Å². The zero-order valence-electron chi connectivity index (χ0n) is 8.96. The zero-order valence-corrected chi connectivity index (χ0v) is 9.96. The Morgan fingerprint density at radius 1 is 1.08 bits per heavy atom. The van der Waals surface area contributed by atoms with Crippen LogP contribution in [0.4, 0.5) is 5.69 Å². The molecular formula is C11H19NSi.